The molecule has 26 heavy (non-hydrogen) atoms. The highest BCUT2D eigenvalue weighted by Gasteiger charge is 2.45. The second-order valence-corrected chi connectivity index (χ2v) is 8.74. The number of aliphatic hydroxyl groups excluding tert-OH is 1. The Morgan fingerprint density at radius 3 is 3.12 bits per heavy atom. The molecule has 1 spiro atoms. The van der Waals surface area contributed by atoms with Crippen LogP contribution in [0, 0.1) is 5.82 Å². The normalized spacial score (nSPS) is 26.2. The quantitative estimate of drug-likeness (QED) is 0.855. The molecule has 1 fully saturated rings. The first-order valence-corrected chi connectivity index (χ1v) is 10.1. The number of thiophene rings is 1. The van der Waals surface area contributed by atoms with E-state index in [0.29, 0.717) is 23.2 Å². The number of likely N-dealkylation sites (tertiary alicyclic amines) is 1. The smallest absolute Gasteiger partial charge is 0.146 e. The van der Waals surface area contributed by atoms with Crippen molar-refractivity contribution >= 4 is 22.9 Å². The molecule has 7 heteroatoms. The van der Waals surface area contributed by atoms with E-state index < -0.39 is 0 Å². The van der Waals surface area contributed by atoms with Crippen LogP contribution in [0.25, 0.3) is 0 Å². The van der Waals surface area contributed by atoms with Crippen LogP contribution in [0.5, 0.6) is 0 Å². The Labute approximate surface area is 161 Å². The van der Waals surface area contributed by atoms with Crippen LogP contribution in [0.15, 0.2) is 18.3 Å². The molecule has 140 valence electrons. The van der Waals surface area contributed by atoms with Crippen LogP contribution in [0.1, 0.15) is 41.5 Å². The van der Waals surface area contributed by atoms with E-state index in [2.05, 4.69) is 16.8 Å². The molecule has 4 nitrogen and oxygen atoms in total. The number of pyridine rings is 1. The molecular formula is C19H22ClFN2O2S. The molecule has 4 rings (SSSR count). The van der Waals surface area contributed by atoms with Gasteiger partial charge in [-0.3, -0.25) is 9.88 Å². The van der Waals surface area contributed by atoms with E-state index in [9.17, 15) is 9.50 Å². The monoisotopic (exact) mass is 396 g/mol. The standard InChI is InChI=1S/C19H22ClFN2O2S/c1-12-9-19(5-7-23(12)10-16-15(21)3-2-6-22-16)17-13(4-8-25-19)14(11-24)18(20)26-17/h2-3,6,12,24H,4-5,7-11H2,1H3/t12-,19+/m0/s1. The molecule has 2 aliphatic heterocycles. The lowest BCUT2D eigenvalue weighted by Crippen LogP contribution is -2.50. The number of rotatable bonds is 3. The van der Waals surface area contributed by atoms with E-state index in [1.807, 2.05) is 0 Å². The van der Waals surface area contributed by atoms with Gasteiger partial charge in [0.2, 0.25) is 0 Å². The summed E-state index contributed by atoms with van der Waals surface area (Å²) in [4.78, 5) is 7.62. The second-order valence-electron chi connectivity index (χ2n) is 7.12. The number of fused-ring (bicyclic) bond motifs is 2. The molecule has 2 aromatic heterocycles. The summed E-state index contributed by atoms with van der Waals surface area (Å²) in [5.74, 6) is -0.256. The van der Waals surface area contributed by atoms with Gasteiger partial charge in [0, 0.05) is 35.8 Å². The summed E-state index contributed by atoms with van der Waals surface area (Å²) in [7, 11) is 0. The Morgan fingerprint density at radius 1 is 1.54 bits per heavy atom. The molecule has 1 saturated heterocycles. The number of aliphatic hydroxyl groups is 1. The number of hydrogen-bond donors (Lipinski definition) is 1. The van der Waals surface area contributed by atoms with Gasteiger partial charge in [0.05, 0.1) is 23.2 Å². The fourth-order valence-corrected chi connectivity index (χ4v) is 5.90. The van der Waals surface area contributed by atoms with Crippen LogP contribution in [0.4, 0.5) is 4.39 Å². The van der Waals surface area contributed by atoms with Crippen molar-refractivity contribution in [1.29, 1.82) is 0 Å². The highest BCUT2D eigenvalue weighted by atomic mass is 35.5. The third-order valence-electron chi connectivity index (χ3n) is 5.61. The second kappa shape index (κ2) is 7.17. The van der Waals surface area contributed by atoms with Gasteiger partial charge >= 0.3 is 0 Å². The fourth-order valence-electron chi connectivity index (χ4n) is 4.22. The van der Waals surface area contributed by atoms with E-state index in [0.717, 1.165) is 31.4 Å². The van der Waals surface area contributed by atoms with Crippen LogP contribution in [0.3, 0.4) is 0 Å². The van der Waals surface area contributed by atoms with Crippen molar-refractivity contribution < 1.29 is 14.2 Å². The predicted octanol–water partition coefficient (Wildman–Crippen LogP) is 3.88. The first-order valence-electron chi connectivity index (χ1n) is 8.93. The largest absolute Gasteiger partial charge is 0.392 e. The molecule has 0 radical (unpaired) electrons. The van der Waals surface area contributed by atoms with Crippen molar-refractivity contribution in [3.8, 4) is 0 Å². The topological polar surface area (TPSA) is 45.6 Å². The summed E-state index contributed by atoms with van der Waals surface area (Å²) in [5.41, 5.74) is 2.18. The van der Waals surface area contributed by atoms with E-state index in [1.54, 1.807) is 23.6 Å². The molecule has 2 atom stereocenters. The number of hydrogen-bond acceptors (Lipinski definition) is 5. The number of ether oxygens (including phenoxy) is 1. The number of nitrogens with zero attached hydrogens (tertiary/aromatic N) is 2. The maximum atomic E-state index is 14.0. The Hall–Kier alpha value is -1.05. The Morgan fingerprint density at radius 2 is 2.38 bits per heavy atom. The van der Waals surface area contributed by atoms with Crippen LogP contribution in [0.2, 0.25) is 4.34 Å². The van der Waals surface area contributed by atoms with Crippen LogP contribution >= 0.6 is 22.9 Å². The SMILES string of the molecule is C[C@H]1C[C@@]2(CCN1Cc1ncccc1F)OCCc1c2sc(Cl)c1CO. The molecule has 2 aromatic rings. The molecule has 2 aliphatic rings. The van der Waals surface area contributed by atoms with Crippen LogP contribution < -0.4 is 0 Å². The van der Waals surface area contributed by atoms with Gasteiger partial charge in [-0.05, 0) is 43.9 Å². The molecule has 0 unspecified atom stereocenters. The average molecular weight is 397 g/mol. The molecule has 0 amide bonds. The highest BCUT2D eigenvalue weighted by Crippen LogP contribution is 2.49. The zero-order valence-corrected chi connectivity index (χ0v) is 16.2. The van der Waals surface area contributed by atoms with Gasteiger partial charge in [0.25, 0.3) is 0 Å². The Balaban J connectivity index is 1.57. The zero-order valence-electron chi connectivity index (χ0n) is 14.7. The lowest BCUT2D eigenvalue weighted by Gasteiger charge is -2.47. The zero-order chi connectivity index (χ0) is 18.3. The van der Waals surface area contributed by atoms with Crippen LogP contribution in [-0.4, -0.2) is 34.2 Å². The maximum Gasteiger partial charge on any atom is 0.146 e. The lowest BCUT2D eigenvalue weighted by atomic mass is 9.81. The number of halogens is 2. The van der Waals surface area contributed by atoms with E-state index in [1.165, 1.54) is 16.5 Å². The summed E-state index contributed by atoms with van der Waals surface area (Å²) >= 11 is 7.92. The Bertz CT molecular complexity index is 815. The van der Waals surface area contributed by atoms with Gasteiger partial charge in [-0.15, -0.1) is 11.3 Å². The summed E-state index contributed by atoms with van der Waals surface area (Å²) in [6.07, 6.45) is 4.10. The predicted molar refractivity (Wildman–Crippen MR) is 99.9 cm³/mol. The fraction of sp³-hybridized carbons (Fsp3) is 0.526. The highest BCUT2D eigenvalue weighted by molar-refractivity contribution is 7.16. The van der Waals surface area contributed by atoms with E-state index in [-0.39, 0.29) is 24.1 Å². The summed E-state index contributed by atoms with van der Waals surface area (Å²) in [6.45, 7) is 4.09. The first kappa shape index (κ1) is 18.3. The van der Waals surface area contributed by atoms with Crippen LogP contribution in [-0.2, 0) is 29.9 Å². The minimum absolute atomic E-state index is 0.0264. The van der Waals surface area contributed by atoms with Gasteiger partial charge in [0.15, 0.2) is 0 Å². The number of aromatic nitrogens is 1. The van der Waals surface area contributed by atoms with Gasteiger partial charge in [-0.1, -0.05) is 11.6 Å². The first-order chi connectivity index (χ1) is 12.5. The molecule has 4 heterocycles. The molecule has 0 aromatic carbocycles. The minimum Gasteiger partial charge on any atom is -0.392 e. The van der Waals surface area contributed by atoms with Gasteiger partial charge in [-0.25, -0.2) is 4.39 Å². The Kier molecular flexibility index (Phi) is 5.05. The molecule has 0 saturated carbocycles. The van der Waals surface area contributed by atoms with Gasteiger partial charge in [-0.2, -0.15) is 0 Å². The molecule has 1 N–H and O–H groups in total. The van der Waals surface area contributed by atoms with E-state index in [4.69, 9.17) is 16.3 Å². The van der Waals surface area contributed by atoms with Crippen molar-refractivity contribution in [3.05, 3.63) is 50.2 Å². The van der Waals surface area contributed by atoms with E-state index >= 15 is 0 Å². The molecule has 0 aliphatic carbocycles. The molecule has 0 bridgehead atoms. The third kappa shape index (κ3) is 3.08. The maximum absolute atomic E-state index is 14.0. The minimum atomic E-state index is -0.339. The van der Waals surface area contributed by atoms with Crippen molar-refractivity contribution in [2.75, 3.05) is 13.2 Å². The summed E-state index contributed by atoms with van der Waals surface area (Å²) < 4.78 is 20.9. The van der Waals surface area contributed by atoms with Crippen molar-refractivity contribution in [3.63, 3.8) is 0 Å². The average Bonchev–Trinajstić information content (AvgIpc) is 2.96. The molecular weight excluding hydrogens is 375 g/mol. The van der Waals surface area contributed by atoms with Gasteiger partial charge in [0.1, 0.15) is 11.4 Å². The number of piperidine rings is 1. The van der Waals surface area contributed by atoms with Crippen molar-refractivity contribution in [2.45, 2.75) is 51.0 Å². The summed E-state index contributed by atoms with van der Waals surface area (Å²) in [6, 6.07) is 3.30. The third-order valence-corrected chi connectivity index (χ3v) is 7.32. The van der Waals surface area contributed by atoms with Gasteiger partial charge < -0.3 is 9.84 Å². The summed E-state index contributed by atoms with van der Waals surface area (Å²) in [5, 5.41) is 9.66. The van der Waals surface area contributed by atoms with Crippen molar-refractivity contribution in [1.82, 2.24) is 9.88 Å². The lowest BCUT2D eigenvalue weighted by molar-refractivity contribution is -0.110. The van der Waals surface area contributed by atoms with Crippen molar-refractivity contribution in [2.24, 2.45) is 0 Å².